The van der Waals surface area contributed by atoms with Crippen molar-refractivity contribution in [1.82, 2.24) is 15.0 Å². The molecular formula is C23H24FN3O3. The van der Waals surface area contributed by atoms with Crippen molar-refractivity contribution in [3.05, 3.63) is 65.3 Å². The van der Waals surface area contributed by atoms with E-state index in [4.69, 9.17) is 9.26 Å². The van der Waals surface area contributed by atoms with Crippen LogP contribution < -0.4 is 4.74 Å². The molecule has 1 saturated heterocycles. The van der Waals surface area contributed by atoms with E-state index >= 15 is 0 Å². The van der Waals surface area contributed by atoms with Crippen molar-refractivity contribution in [1.29, 1.82) is 0 Å². The van der Waals surface area contributed by atoms with Gasteiger partial charge in [0.2, 0.25) is 17.6 Å². The van der Waals surface area contributed by atoms with Gasteiger partial charge in [0.25, 0.3) is 0 Å². The van der Waals surface area contributed by atoms with Gasteiger partial charge in [-0.05, 0) is 35.6 Å². The van der Waals surface area contributed by atoms with Crippen molar-refractivity contribution in [3.8, 4) is 17.1 Å². The molecule has 1 unspecified atom stereocenters. The second-order valence-electron chi connectivity index (χ2n) is 7.78. The molecule has 6 nitrogen and oxygen atoms in total. The molecule has 0 radical (unpaired) electrons. The summed E-state index contributed by atoms with van der Waals surface area (Å²) in [5.41, 5.74) is 2.78. The maximum Gasteiger partial charge on any atom is 0.249 e. The summed E-state index contributed by atoms with van der Waals surface area (Å²) in [6.07, 6.45) is 0.982. The molecule has 0 bridgehead atoms. The molecule has 1 aliphatic rings. The molecule has 0 spiro atoms. The fourth-order valence-electron chi connectivity index (χ4n) is 3.70. The number of nitrogens with zero attached hydrogens (tertiary/aromatic N) is 3. The van der Waals surface area contributed by atoms with Crippen molar-refractivity contribution < 1.29 is 18.4 Å². The first-order chi connectivity index (χ1) is 14.5. The zero-order valence-electron chi connectivity index (χ0n) is 17.3. The third-order valence-electron chi connectivity index (χ3n) is 5.46. The second-order valence-corrected chi connectivity index (χ2v) is 7.78. The normalized spacial score (nSPS) is 16.5. The minimum Gasteiger partial charge on any atom is -0.494 e. The van der Waals surface area contributed by atoms with E-state index in [0.29, 0.717) is 36.0 Å². The lowest BCUT2D eigenvalue weighted by atomic mass is 10.0. The molecule has 0 aliphatic carbocycles. The molecule has 7 heteroatoms. The van der Waals surface area contributed by atoms with E-state index in [1.165, 1.54) is 18.7 Å². The lowest BCUT2D eigenvalue weighted by Gasteiger charge is -2.22. The molecule has 1 amide bonds. The van der Waals surface area contributed by atoms with Crippen molar-refractivity contribution >= 4 is 5.91 Å². The number of ether oxygens (including phenoxy) is 1. The number of carbonyl (C=O) groups is 1. The van der Waals surface area contributed by atoms with Crippen LogP contribution in [0, 0.1) is 5.82 Å². The van der Waals surface area contributed by atoms with Crippen LogP contribution >= 0.6 is 0 Å². The highest BCUT2D eigenvalue weighted by Crippen LogP contribution is 2.34. The van der Waals surface area contributed by atoms with Crippen molar-refractivity contribution in [2.75, 3.05) is 7.11 Å². The first-order valence-corrected chi connectivity index (χ1v) is 10.0. The van der Waals surface area contributed by atoms with Gasteiger partial charge < -0.3 is 14.2 Å². The second kappa shape index (κ2) is 8.26. The summed E-state index contributed by atoms with van der Waals surface area (Å²) in [6, 6.07) is 12.4. The Morgan fingerprint density at radius 3 is 2.67 bits per heavy atom. The number of halogens is 1. The quantitative estimate of drug-likeness (QED) is 0.581. The molecule has 2 aromatic carbocycles. The number of methoxy groups -OCH3 is 1. The van der Waals surface area contributed by atoms with E-state index in [2.05, 4.69) is 36.1 Å². The highest BCUT2D eigenvalue weighted by molar-refractivity contribution is 5.78. The molecule has 0 N–H and O–H groups in total. The van der Waals surface area contributed by atoms with Crippen molar-refractivity contribution in [2.24, 2.45) is 0 Å². The number of hydrogen-bond acceptors (Lipinski definition) is 5. The van der Waals surface area contributed by atoms with Gasteiger partial charge >= 0.3 is 0 Å². The fourth-order valence-corrected chi connectivity index (χ4v) is 3.70. The zero-order chi connectivity index (χ0) is 21.3. The lowest BCUT2D eigenvalue weighted by Crippen LogP contribution is -2.27. The standard InChI is InChI=1S/C23H24FN3O3/c1-14(2)16-5-7-17(8-6-16)22-25-23(30-26-22)19-9-11-21(28)27(19)13-15-4-10-20(29-3)18(24)12-15/h4-8,10,12,14,19H,9,11,13H2,1-3H3. The number of rotatable bonds is 6. The van der Waals surface area contributed by atoms with Crippen LogP contribution in [0.5, 0.6) is 5.75 Å². The minimum absolute atomic E-state index is 0.0164. The van der Waals surface area contributed by atoms with E-state index in [0.717, 1.165) is 5.56 Å². The van der Waals surface area contributed by atoms with Crippen LogP contribution in [-0.2, 0) is 11.3 Å². The van der Waals surface area contributed by atoms with E-state index in [1.54, 1.807) is 17.0 Å². The van der Waals surface area contributed by atoms with Gasteiger partial charge in [-0.2, -0.15) is 4.98 Å². The Balaban J connectivity index is 1.54. The first kappa shape index (κ1) is 20.1. The number of benzene rings is 2. The van der Waals surface area contributed by atoms with E-state index < -0.39 is 5.82 Å². The summed E-state index contributed by atoms with van der Waals surface area (Å²) in [5.74, 6) is 1.04. The predicted octanol–water partition coefficient (Wildman–Crippen LogP) is 4.87. The largest absolute Gasteiger partial charge is 0.494 e. The van der Waals surface area contributed by atoms with E-state index in [-0.39, 0.29) is 24.2 Å². The van der Waals surface area contributed by atoms with Gasteiger partial charge in [-0.25, -0.2) is 4.39 Å². The maximum absolute atomic E-state index is 14.0. The molecule has 1 fully saturated rings. The molecule has 1 aromatic heterocycles. The van der Waals surface area contributed by atoms with Crippen LogP contribution in [0.4, 0.5) is 4.39 Å². The Kier molecular flexibility index (Phi) is 5.53. The van der Waals surface area contributed by atoms with Crippen LogP contribution in [0.1, 0.15) is 55.7 Å². The lowest BCUT2D eigenvalue weighted by molar-refractivity contribution is -0.130. The van der Waals surface area contributed by atoms with Gasteiger partial charge in [0.1, 0.15) is 6.04 Å². The van der Waals surface area contributed by atoms with Crippen molar-refractivity contribution in [2.45, 2.75) is 45.2 Å². The predicted molar refractivity (Wildman–Crippen MR) is 109 cm³/mol. The molecule has 1 aliphatic heterocycles. The minimum atomic E-state index is -0.455. The Morgan fingerprint density at radius 1 is 1.23 bits per heavy atom. The Hall–Kier alpha value is -3.22. The Bertz CT molecular complexity index is 1050. The van der Waals surface area contributed by atoms with Crippen molar-refractivity contribution in [3.63, 3.8) is 0 Å². The van der Waals surface area contributed by atoms with Crippen LogP contribution in [0.15, 0.2) is 47.0 Å². The third-order valence-corrected chi connectivity index (χ3v) is 5.46. The molecular weight excluding hydrogens is 385 g/mol. The smallest absolute Gasteiger partial charge is 0.249 e. The Labute approximate surface area is 174 Å². The van der Waals surface area contributed by atoms with Gasteiger partial charge in [0, 0.05) is 18.5 Å². The molecule has 1 atom stereocenters. The van der Waals surface area contributed by atoms with Gasteiger partial charge in [0.15, 0.2) is 11.6 Å². The Morgan fingerprint density at radius 2 is 2.00 bits per heavy atom. The number of hydrogen-bond donors (Lipinski definition) is 0. The average molecular weight is 409 g/mol. The zero-order valence-corrected chi connectivity index (χ0v) is 17.3. The summed E-state index contributed by atoms with van der Waals surface area (Å²) < 4.78 is 24.5. The first-order valence-electron chi connectivity index (χ1n) is 10.0. The summed E-state index contributed by atoms with van der Waals surface area (Å²) in [7, 11) is 1.42. The molecule has 2 heterocycles. The third kappa shape index (κ3) is 3.92. The fraction of sp³-hybridized carbons (Fsp3) is 0.348. The monoisotopic (exact) mass is 409 g/mol. The number of amides is 1. The van der Waals surface area contributed by atoms with Crippen LogP contribution in [-0.4, -0.2) is 28.1 Å². The van der Waals surface area contributed by atoms with Gasteiger partial charge in [-0.3, -0.25) is 4.79 Å². The topological polar surface area (TPSA) is 68.5 Å². The summed E-state index contributed by atoms with van der Waals surface area (Å²) >= 11 is 0. The average Bonchev–Trinajstić information content (AvgIpc) is 3.36. The molecule has 30 heavy (non-hydrogen) atoms. The number of carbonyl (C=O) groups excluding carboxylic acids is 1. The summed E-state index contributed by atoms with van der Waals surface area (Å²) in [6.45, 7) is 4.55. The van der Waals surface area contributed by atoms with Crippen LogP contribution in [0.2, 0.25) is 0 Å². The van der Waals surface area contributed by atoms with Crippen LogP contribution in [0.25, 0.3) is 11.4 Å². The number of likely N-dealkylation sites (tertiary alicyclic amines) is 1. The summed E-state index contributed by atoms with van der Waals surface area (Å²) in [4.78, 5) is 18.7. The summed E-state index contributed by atoms with van der Waals surface area (Å²) in [5, 5.41) is 4.11. The van der Waals surface area contributed by atoms with E-state index in [1.807, 2.05) is 12.1 Å². The molecule has 3 aromatic rings. The SMILES string of the molecule is COc1ccc(CN2C(=O)CCC2c2nc(-c3ccc(C(C)C)cc3)no2)cc1F. The molecule has 0 saturated carbocycles. The van der Waals surface area contributed by atoms with Gasteiger partial charge in [0.05, 0.1) is 7.11 Å². The maximum atomic E-state index is 14.0. The highest BCUT2D eigenvalue weighted by Gasteiger charge is 2.36. The molecule has 4 rings (SSSR count). The molecule has 156 valence electrons. The van der Waals surface area contributed by atoms with Crippen LogP contribution in [0.3, 0.4) is 0 Å². The number of aromatic nitrogens is 2. The van der Waals surface area contributed by atoms with E-state index in [9.17, 15) is 9.18 Å². The van der Waals surface area contributed by atoms with Gasteiger partial charge in [-0.15, -0.1) is 0 Å². The van der Waals surface area contributed by atoms with Gasteiger partial charge in [-0.1, -0.05) is 49.3 Å². The highest BCUT2D eigenvalue weighted by atomic mass is 19.1.